The monoisotopic (exact) mass is 554 g/mol. The number of rotatable bonds is 10. The van der Waals surface area contributed by atoms with Crippen LogP contribution in [0.5, 0.6) is 0 Å². The highest BCUT2D eigenvalue weighted by Gasteiger charge is 2.52. The molecule has 0 bridgehead atoms. The maximum Gasteiger partial charge on any atom is 0.261 e. The summed E-state index contributed by atoms with van der Waals surface area (Å²) in [4.78, 5) is 0. The van der Waals surface area contributed by atoms with Gasteiger partial charge in [0.15, 0.2) is 5.79 Å². The third-order valence-electron chi connectivity index (χ3n) is 7.97. The minimum absolute atomic E-state index is 0.0439. The van der Waals surface area contributed by atoms with Crippen LogP contribution in [0, 0.1) is 5.92 Å². The van der Waals surface area contributed by atoms with Gasteiger partial charge in [-0.1, -0.05) is 94.4 Å². The Bertz CT molecular complexity index is 1030. The molecule has 7 atom stereocenters. The maximum absolute atomic E-state index is 11.2. The molecule has 39 heavy (non-hydrogen) atoms. The second-order valence-electron chi connectivity index (χ2n) is 12.6. The van der Waals surface area contributed by atoms with Gasteiger partial charge in [-0.15, -0.1) is 6.58 Å². The lowest BCUT2D eigenvalue weighted by Gasteiger charge is -2.43. The van der Waals surface area contributed by atoms with E-state index in [9.17, 15) is 10.2 Å². The summed E-state index contributed by atoms with van der Waals surface area (Å²) in [7, 11) is -2.66. The molecule has 214 valence electrons. The standard InChI is InChI=1S/C32H46O6Si/c1-8-27-30(38-32(6,7)37-27)28-20-26(34)29(36-28)25(33)19-22(2)21-35-39(31(3,4)5,23-15-11-9-12-16-23)24-17-13-10-14-18-24/h8-18,22,25-30,33-34H,1,19-21H2,2-7H3/t22-,25+,26-,27+,28+,29+,30+/m1/s1. The van der Waals surface area contributed by atoms with Gasteiger partial charge >= 0.3 is 0 Å². The normalized spacial score (nSPS) is 28.8. The maximum atomic E-state index is 11.2. The molecule has 7 heteroatoms. The Morgan fingerprint density at radius 1 is 1.05 bits per heavy atom. The highest BCUT2D eigenvalue weighted by molar-refractivity contribution is 6.99. The smallest absolute Gasteiger partial charge is 0.261 e. The predicted molar refractivity (Wildman–Crippen MR) is 157 cm³/mol. The molecule has 2 aromatic rings. The van der Waals surface area contributed by atoms with Crippen molar-refractivity contribution in [1.82, 2.24) is 0 Å². The first kappa shape index (κ1) is 30.1. The summed E-state index contributed by atoms with van der Waals surface area (Å²) >= 11 is 0. The van der Waals surface area contributed by atoms with Crippen LogP contribution in [0.4, 0.5) is 0 Å². The first-order chi connectivity index (χ1) is 18.4. The molecule has 2 fully saturated rings. The lowest BCUT2D eigenvalue weighted by atomic mass is 9.97. The van der Waals surface area contributed by atoms with Crippen LogP contribution in [0.25, 0.3) is 0 Å². The molecule has 0 unspecified atom stereocenters. The zero-order valence-electron chi connectivity index (χ0n) is 24.2. The lowest BCUT2D eigenvalue weighted by Crippen LogP contribution is -2.66. The van der Waals surface area contributed by atoms with E-state index in [4.69, 9.17) is 18.6 Å². The first-order valence-corrected chi connectivity index (χ1v) is 16.0. The molecule has 2 heterocycles. The van der Waals surface area contributed by atoms with Crippen LogP contribution >= 0.6 is 0 Å². The van der Waals surface area contributed by atoms with Crippen LogP contribution in [-0.4, -0.2) is 67.5 Å². The second-order valence-corrected chi connectivity index (χ2v) is 16.9. The molecule has 0 aromatic heterocycles. The minimum Gasteiger partial charge on any atom is -0.407 e. The summed E-state index contributed by atoms with van der Waals surface area (Å²) in [5.74, 6) is -0.705. The van der Waals surface area contributed by atoms with Gasteiger partial charge in [0.25, 0.3) is 8.32 Å². The molecule has 0 aliphatic carbocycles. The fourth-order valence-electron chi connectivity index (χ4n) is 6.21. The minimum atomic E-state index is -2.66. The average molecular weight is 555 g/mol. The van der Waals surface area contributed by atoms with Crippen molar-refractivity contribution < 1.29 is 28.8 Å². The highest BCUT2D eigenvalue weighted by atomic mass is 28.4. The molecule has 2 aliphatic heterocycles. The van der Waals surface area contributed by atoms with Gasteiger partial charge in [0, 0.05) is 13.0 Å². The number of benzene rings is 2. The van der Waals surface area contributed by atoms with Crippen molar-refractivity contribution in [2.24, 2.45) is 5.92 Å². The van der Waals surface area contributed by atoms with Gasteiger partial charge in [-0.25, -0.2) is 0 Å². The van der Waals surface area contributed by atoms with Crippen molar-refractivity contribution in [2.45, 2.75) is 102 Å². The molecule has 0 saturated carbocycles. The fraction of sp³-hybridized carbons (Fsp3) is 0.562. The van der Waals surface area contributed by atoms with Gasteiger partial charge in [0.1, 0.15) is 18.3 Å². The fourth-order valence-corrected chi connectivity index (χ4v) is 10.9. The summed E-state index contributed by atoms with van der Waals surface area (Å²) in [5.41, 5.74) is 0. The van der Waals surface area contributed by atoms with Crippen molar-refractivity contribution in [1.29, 1.82) is 0 Å². The van der Waals surface area contributed by atoms with Gasteiger partial charge in [0.2, 0.25) is 0 Å². The quantitative estimate of drug-likeness (QED) is 0.339. The Morgan fingerprint density at radius 3 is 2.13 bits per heavy atom. The molecule has 0 spiro atoms. The van der Waals surface area contributed by atoms with E-state index in [2.05, 4.69) is 82.8 Å². The molecule has 2 aliphatic rings. The van der Waals surface area contributed by atoms with Crippen LogP contribution < -0.4 is 10.4 Å². The number of hydrogen-bond acceptors (Lipinski definition) is 6. The lowest BCUT2D eigenvalue weighted by molar-refractivity contribution is -0.161. The Hall–Kier alpha value is -1.84. The van der Waals surface area contributed by atoms with E-state index >= 15 is 0 Å². The molecule has 0 amide bonds. The van der Waals surface area contributed by atoms with E-state index in [1.54, 1.807) is 6.08 Å². The highest BCUT2D eigenvalue weighted by Crippen LogP contribution is 2.39. The van der Waals surface area contributed by atoms with Gasteiger partial charge < -0.3 is 28.8 Å². The van der Waals surface area contributed by atoms with E-state index in [0.29, 0.717) is 19.4 Å². The Kier molecular flexibility index (Phi) is 9.23. The van der Waals surface area contributed by atoms with Crippen molar-refractivity contribution in [3.05, 3.63) is 73.3 Å². The summed E-state index contributed by atoms with van der Waals surface area (Å²) < 4.78 is 25.2. The summed E-state index contributed by atoms with van der Waals surface area (Å²) in [5, 5.41) is 24.3. The topological polar surface area (TPSA) is 77.4 Å². The van der Waals surface area contributed by atoms with Crippen molar-refractivity contribution in [2.75, 3.05) is 6.61 Å². The van der Waals surface area contributed by atoms with Gasteiger partial charge in [-0.3, -0.25) is 0 Å². The SMILES string of the molecule is C=C[C@@H]1OC(C)(C)O[C@@H]1[C@@H]1C[C@@H](O)[C@H]([C@@H](O)C[C@@H](C)CO[Si](c2ccccc2)(c2ccccc2)C(C)(C)C)O1. The van der Waals surface area contributed by atoms with Crippen LogP contribution in [0.2, 0.25) is 5.04 Å². The van der Waals surface area contributed by atoms with Crippen LogP contribution in [-0.2, 0) is 18.6 Å². The molecule has 2 N–H and O–H groups in total. The Morgan fingerprint density at radius 2 is 1.62 bits per heavy atom. The van der Waals surface area contributed by atoms with Crippen molar-refractivity contribution >= 4 is 18.7 Å². The number of aliphatic hydroxyl groups excluding tert-OH is 2. The molecule has 0 radical (unpaired) electrons. The molecule has 4 rings (SSSR count). The van der Waals surface area contributed by atoms with Gasteiger partial charge in [-0.2, -0.15) is 0 Å². The van der Waals surface area contributed by atoms with E-state index in [1.807, 2.05) is 26.0 Å². The van der Waals surface area contributed by atoms with Gasteiger partial charge in [-0.05, 0) is 41.6 Å². The summed E-state index contributed by atoms with van der Waals surface area (Å²) in [6.07, 6.45) is -0.853. The Balaban J connectivity index is 1.46. The van der Waals surface area contributed by atoms with Crippen molar-refractivity contribution in [3.63, 3.8) is 0 Å². The zero-order valence-corrected chi connectivity index (χ0v) is 25.2. The van der Waals surface area contributed by atoms with E-state index in [1.165, 1.54) is 10.4 Å². The molecular formula is C32H46O6Si. The number of aliphatic hydroxyl groups is 2. The van der Waals surface area contributed by atoms with Crippen LogP contribution in [0.3, 0.4) is 0 Å². The number of hydrogen-bond donors (Lipinski definition) is 2. The van der Waals surface area contributed by atoms with E-state index < -0.39 is 32.4 Å². The third-order valence-corrected chi connectivity index (χ3v) is 13.0. The van der Waals surface area contributed by atoms with Crippen molar-refractivity contribution in [3.8, 4) is 0 Å². The Labute approximate surface area is 235 Å². The summed E-state index contributed by atoms with van der Waals surface area (Å²) in [6, 6.07) is 21.1. The first-order valence-electron chi connectivity index (χ1n) is 14.1. The van der Waals surface area contributed by atoms with E-state index in [0.717, 1.165) is 0 Å². The average Bonchev–Trinajstić information content (AvgIpc) is 3.43. The summed E-state index contributed by atoms with van der Waals surface area (Å²) in [6.45, 7) is 16.9. The predicted octanol–water partition coefficient (Wildman–Crippen LogP) is 4.17. The molecule has 2 aromatic carbocycles. The van der Waals surface area contributed by atoms with Crippen LogP contribution in [0.15, 0.2) is 73.3 Å². The number of ether oxygens (including phenoxy) is 3. The van der Waals surface area contributed by atoms with Gasteiger partial charge in [0.05, 0.1) is 18.3 Å². The molecular weight excluding hydrogens is 508 g/mol. The third kappa shape index (κ3) is 6.40. The molecule has 6 nitrogen and oxygen atoms in total. The largest absolute Gasteiger partial charge is 0.407 e. The van der Waals surface area contributed by atoms with E-state index in [-0.39, 0.29) is 29.3 Å². The second kappa shape index (κ2) is 11.9. The molecule has 2 saturated heterocycles. The van der Waals surface area contributed by atoms with Crippen LogP contribution in [0.1, 0.15) is 54.4 Å². The zero-order chi connectivity index (χ0) is 28.4.